The number of nitrogens with zero attached hydrogens (tertiary/aromatic N) is 2. The van der Waals surface area contributed by atoms with E-state index in [2.05, 4.69) is 30.9 Å². The number of phenolic OH excluding ortho intramolecular Hbond substituents is 1. The van der Waals surface area contributed by atoms with Crippen LogP contribution in [0.1, 0.15) is 26.6 Å². The number of hydrogen-bond donors (Lipinski definition) is 1. The molecule has 5 heteroatoms. The highest BCUT2D eigenvalue weighted by Gasteiger charge is 2.17. The van der Waals surface area contributed by atoms with Crippen molar-refractivity contribution in [3.63, 3.8) is 0 Å². The van der Waals surface area contributed by atoms with Gasteiger partial charge in [0.05, 0.1) is 5.02 Å². The number of halogens is 1. The Labute approximate surface area is 111 Å². The average Bonchev–Trinajstić information content (AvgIpc) is 2.68. The molecule has 4 nitrogen and oxygen atoms in total. The van der Waals surface area contributed by atoms with Gasteiger partial charge in [-0.25, -0.2) is 0 Å². The van der Waals surface area contributed by atoms with Gasteiger partial charge in [0.1, 0.15) is 5.75 Å². The lowest BCUT2D eigenvalue weighted by atomic mass is 9.92. The highest BCUT2D eigenvalue weighted by Crippen LogP contribution is 2.29. The van der Waals surface area contributed by atoms with Crippen molar-refractivity contribution in [2.75, 3.05) is 0 Å². The Balaban J connectivity index is 2.26. The molecule has 18 heavy (non-hydrogen) atoms. The highest BCUT2D eigenvalue weighted by atomic mass is 35.5. The summed E-state index contributed by atoms with van der Waals surface area (Å²) in [6, 6.07) is 4.80. The van der Waals surface area contributed by atoms with Gasteiger partial charge in [-0.05, 0) is 23.6 Å². The van der Waals surface area contributed by atoms with Crippen molar-refractivity contribution in [2.24, 2.45) is 5.41 Å². The molecule has 0 radical (unpaired) electrons. The van der Waals surface area contributed by atoms with Gasteiger partial charge in [-0.2, -0.15) is 4.98 Å². The van der Waals surface area contributed by atoms with E-state index < -0.39 is 0 Å². The van der Waals surface area contributed by atoms with Crippen LogP contribution in [-0.4, -0.2) is 15.2 Å². The van der Waals surface area contributed by atoms with E-state index in [4.69, 9.17) is 16.1 Å². The molecule has 2 rings (SSSR count). The van der Waals surface area contributed by atoms with Gasteiger partial charge in [0.2, 0.25) is 0 Å². The first-order valence-electron chi connectivity index (χ1n) is 5.67. The standard InChI is InChI=1S/C13H15ClN2O2/c1-13(2,3)7-11-15-12(18-16-11)8-4-5-10(17)9(14)6-8/h4-6,17H,7H2,1-3H3. The minimum Gasteiger partial charge on any atom is -0.506 e. The third kappa shape index (κ3) is 3.01. The van der Waals surface area contributed by atoms with Gasteiger partial charge in [0, 0.05) is 12.0 Å². The van der Waals surface area contributed by atoms with Crippen LogP contribution < -0.4 is 0 Å². The quantitative estimate of drug-likeness (QED) is 0.901. The molecule has 0 unspecified atom stereocenters. The molecule has 0 amide bonds. The predicted octanol–water partition coefficient (Wildman–Crippen LogP) is 3.68. The third-order valence-electron chi connectivity index (χ3n) is 2.35. The Morgan fingerprint density at radius 1 is 1.33 bits per heavy atom. The fraction of sp³-hybridized carbons (Fsp3) is 0.385. The van der Waals surface area contributed by atoms with Crippen molar-refractivity contribution in [3.8, 4) is 17.2 Å². The summed E-state index contributed by atoms with van der Waals surface area (Å²) in [7, 11) is 0. The van der Waals surface area contributed by atoms with Crippen LogP contribution in [0.5, 0.6) is 5.75 Å². The molecule has 2 aromatic rings. The van der Waals surface area contributed by atoms with Gasteiger partial charge in [0.15, 0.2) is 5.82 Å². The van der Waals surface area contributed by atoms with Crippen molar-refractivity contribution in [1.29, 1.82) is 0 Å². The Morgan fingerprint density at radius 3 is 2.67 bits per heavy atom. The molecule has 0 atom stereocenters. The van der Waals surface area contributed by atoms with Gasteiger partial charge in [0.25, 0.3) is 5.89 Å². The van der Waals surface area contributed by atoms with Crippen molar-refractivity contribution < 1.29 is 9.63 Å². The summed E-state index contributed by atoms with van der Waals surface area (Å²) in [6.07, 6.45) is 0.738. The van der Waals surface area contributed by atoms with Crippen molar-refractivity contribution in [2.45, 2.75) is 27.2 Å². The van der Waals surface area contributed by atoms with Crippen molar-refractivity contribution >= 4 is 11.6 Å². The minimum atomic E-state index is 0.0369. The van der Waals surface area contributed by atoms with Gasteiger partial charge < -0.3 is 9.63 Å². The van der Waals surface area contributed by atoms with Crippen LogP contribution in [0.4, 0.5) is 0 Å². The minimum absolute atomic E-state index is 0.0369. The van der Waals surface area contributed by atoms with Crippen LogP contribution in [0.15, 0.2) is 22.7 Å². The maximum Gasteiger partial charge on any atom is 0.257 e. The van der Waals surface area contributed by atoms with Crippen molar-refractivity contribution in [3.05, 3.63) is 29.0 Å². The lowest BCUT2D eigenvalue weighted by molar-refractivity contribution is 0.374. The van der Waals surface area contributed by atoms with E-state index in [1.807, 2.05) is 0 Å². The summed E-state index contributed by atoms with van der Waals surface area (Å²) in [5.41, 5.74) is 0.804. The molecule has 1 N–H and O–H groups in total. The Morgan fingerprint density at radius 2 is 2.06 bits per heavy atom. The molecule has 0 saturated heterocycles. The second-order valence-electron chi connectivity index (χ2n) is 5.42. The molecule has 0 spiro atoms. The summed E-state index contributed by atoms with van der Waals surface area (Å²) < 4.78 is 5.19. The number of phenols is 1. The number of hydrogen-bond acceptors (Lipinski definition) is 4. The smallest absolute Gasteiger partial charge is 0.257 e. The van der Waals surface area contributed by atoms with E-state index in [9.17, 15) is 5.11 Å². The molecule has 1 heterocycles. The Hall–Kier alpha value is -1.55. The van der Waals surface area contributed by atoms with Crippen molar-refractivity contribution in [1.82, 2.24) is 10.1 Å². The molecule has 0 fully saturated rings. The molecule has 0 aliphatic carbocycles. The van der Waals surface area contributed by atoms with Gasteiger partial charge in [-0.3, -0.25) is 0 Å². The van der Waals surface area contributed by atoms with Gasteiger partial charge in [-0.1, -0.05) is 37.5 Å². The van der Waals surface area contributed by atoms with Gasteiger partial charge >= 0.3 is 0 Å². The first-order valence-corrected chi connectivity index (χ1v) is 6.04. The molecular weight excluding hydrogens is 252 g/mol. The summed E-state index contributed by atoms with van der Waals surface area (Å²) in [5.74, 6) is 1.12. The molecule has 0 aliphatic heterocycles. The predicted molar refractivity (Wildman–Crippen MR) is 69.6 cm³/mol. The summed E-state index contributed by atoms with van der Waals surface area (Å²) in [6.45, 7) is 6.33. The van der Waals surface area contributed by atoms with Crippen LogP contribution in [0.25, 0.3) is 11.5 Å². The van der Waals surface area contributed by atoms with E-state index in [0.717, 1.165) is 6.42 Å². The molecule has 1 aromatic carbocycles. The first kappa shape index (κ1) is 12.9. The lowest BCUT2D eigenvalue weighted by Crippen LogP contribution is -2.10. The second-order valence-corrected chi connectivity index (χ2v) is 5.83. The third-order valence-corrected chi connectivity index (χ3v) is 2.65. The Kier molecular flexibility index (Phi) is 3.30. The molecule has 0 bridgehead atoms. The molecular formula is C13H15ClN2O2. The largest absolute Gasteiger partial charge is 0.506 e. The fourth-order valence-electron chi connectivity index (χ4n) is 1.56. The topological polar surface area (TPSA) is 59.2 Å². The molecule has 0 saturated carbocycles. The van der Waals surface area contributed by atoms with E-state index in [0.29, 0.717) is 17.3 Å². The van der Waals surface area contributed by atoms with E-state index >= 15 is 0 Å². The van der Waals surface area contributed by atoms with E-state index in [1.54, 1.807) is 12.1 Å². The molecule has 0 aliphatic rings. The lowest BCUT2D eigenvalue weighted by Gasteiger charge is -2.14. The van der Waals surface area contributed by atoms with Crippen LogP contribution in [0, 0.1) is 5.41 Å². The van der Waals surface area contributed by atoms with Gasteiger partial charge in [-0.15, -0.1) is 0 Å². The number of benzene rings is 1. The maximum atomic E-state index is 9.35. The first-order chi connectivity index (χ1) is 8.35. The summed E-state index contributed by atoms with van der Waals surface area (Å²) >= 11 is 5.84. The Bertz CT molecular complexity index is 558. The monoisotopic (exact) mass is 266 g/mol. The summed E-state index contributed by atoms with van der Waals surface area (Å²) in [5, 5.41) is 13.6. The van der Waals surface area contributed by atoms with Crippen LogP contribution in [0.3, 0.4) is 0 Å². The fourth-order valence-corrected chi connectivity index (χ4v) is 1.74. The second kappa shape index (κ2) is 4.61. The van der Waals surface area contributed by atoms with E-state index in [-0.39, 0.29) is 16.2 Å². The number of aromatic nitrogens is 2. The zero-order valence-corrected chi connectivity index (χ0v) is 11.3. The zero-order valence-electron chi connectivity index (χ0n) is 10.6. The molecule has 96 valence electrons. The van der Waals surface area contributed by atoms with Crippen LogP contribution >= 0.6 is 11.6 Å². The normalized spacial score (nSPS) is 11.8. The maximum absolute atomic E-state index is 9.35. The average molecular weight is 267 g/mol. The molecule has 1 aromatic heterocycles. The van der Waals surface area contributed by atoms with E-state index in [1.165, 1.54) is 6.07 Å². The highest BCUT2D eigenvalue weighted by molar-refractivity contribution is 6.32. The van der Waals surface area contributed by atoms with Crippen LogP contribution in [-0.2, 0) is 6.42 Å². The number of aromatic hydroxyl groups is 1. The SMILES string of the molecule is CC(C)(C)Cc1noc(-c2ccc(O)c(Cl)c2)n1. The zero-order chi connectivity index (χ0) is 13.3. The summed E-state index contributed by atoms with van der Waals surface area (Å²) in [4.78, 5) is 4.32. The number of rotatable bonds is 2. The van der Waals surface area contributed by atoms with Crippen LogP contribution in [0.2, 0.25) is 5.02 Å².